The Balaban J connectivity index is 1.27. The average Bonchev–Trinajstić information content (AvgIpc) is 2.95. The molecule has 0 saturated heterocycles. The van der Waals surface area contributed by atoms with Crippen LogP contribution in [-0.4, -0.2) is 26.1 Å². The van der Waals surface area contributed by atoms with E-state index in [4.69, 9.17) is 9.47 Å². The first-order valence-corrected chi connectivity index (χ1v) is 14.5. The van der Waals surface area contributed by atoms with Crippen LogP contribution in [0.4, 0.5) is 17.6 Å². The monoisotopic (exact) mass is 534 g/mol. The van der Waals surface area contributed by atoms with Gasteiger partial charge in [-0.3, -0.25) is 0 Å². The number of halogens is 4. The number of alkyl halides is 2. The molecule has 2 saturated carbocycles. The van der Waals surface area contributed by atoms with Gasteiger partial charge in [0.1, 0.15) is 12.8 Å². The van der Waals surface area contributed by atoms with Gasteiger partial charge >= 0.3 is 0 Å². The second-order valence-corrected chi connectivity index (χ2v) is 11.2. The molecule has 2 aliphatic carbocycles. The summed E-state index contributed by atoms with van der Waals surface area (Å²) < 4.78 is 69.1. The Morgan fingerprint density at radius 1 is 0.895 bits per heavy atom. The van der Waals surface area contributed by atoms with Crippen LogP contribution in [0.25, 0.3) is 0 Å². The van der Waals surface area contributed by atoms with Gasteiger partial charge in [0.2, 0.25) is 5.82 Å². The Bertz CT molecular complexity index is 992. The first-order chi connectivity index (χ1) is 18.5. The molecule has 2 aliphatic rings. The largest absolute Gasteiger partial charge is 0.490 e. The molecule has 3 atom stereocenters. The van der Waals surface area contributed by atoms with E-state index in [1.54, 1.807) is 12.1 Å². The van der Waals surface area contributed by atoms with E-state index in [1.807, 2.05) is 37.3 Å². The number of hydrogen-bond donors (Lipinski definition) is 0. The van der Waals surface area contributed by atoms with Crippen LogP contribution in [0.1, 0.15) is 94.6 Å². The second-order valence-electron chi connectivity index (χ2n) is 11.2. The topological polar surface area (TPSA) is 18.5 Å². The van der Waals surface area contributed by atoms with Gasteiger partial charge in [0.15, 0.2) is 11.6 Å². The second kappa shape index (κ2) is 13.8. The van der Waals surface area contributed by atoms with E-state index in [9.17, 15) is 13.2 Å². The molecule has 4 rings (SSSR count). The molecule has 0 radical (unpaired) electrons. The molecule has 6 heteroatoms. The van der Waals surface area contributed by atoms with Crippen molar-refractivity contribution in [2.75, 3.05) is 19.9 Å². The van der Waals surface area contributed by atoms with Crippen molar-refractivity contribution in [2.45, 2.75) is 95.2 Å². The number of hydrogen-bond acceptors (Lipinski definition) is 2. The molecule has 2 fully saturated rings. The zero-order chi connectivity index (χ0) is 27.0. The van der Waals surface area contributed by atoms with Crippen molar-refractivity contribution in [3.63, 3.8) is 0 Å². The first-order valence-electron chi connectivity index (χ1n) is 14.5. The molecule has 0 bridgehead atoms. The van der Waals surface area contributed by atoms with Gasteiger partial charge in [-0.1, -0.05) is 56.2 Å². The van der Waals surface area contributed by atoms with Gasteiger partial charge in [0.25, 0.3) is 0 Å². The molecule has 0 spiro atoms. The molecule has 0 aliphatic heterocycles. The zero-order valence-electron chi connectivity index (χ0n) is 22.6. The highest BCUT2D eigenvalue weighted by Crippen LogP contribution is 2.46. The van der Waals surface area contributed by atoms with E-state index in [1.165, 1.54) is 0 Å². The maximum atomic E-state index is 15.4. The van der Waals surface area contributed by atoms with Crippen LogP contribution in [-0.2, 0) is 10.3 Å². The van der Waals surface area contributed by atoms with Crippen molar-refractivity contribution in [1.82, 2.24) is 0 Å². The van der Waals surface area contributed by atoms with Gasteiger partial charge in [-0.05, 0) is 86.3 Å². The predicted molar refractivity (Wildman–Crippen MR) is 143 cm³/mol. The first kappa shape index (κ1) is 28.9. The minimum atomic E-state index is -0.991. The van der Waals surface area contributed by atoms with Crippen LogP contribution >= 0.6 is 0 Å². The predicted octanol–water partition coefficient (Wildman–Crippen LogP) is 9.22. The highest BCUT2D eigenvalue weighted by atomic mass is 19.2. The molecule has 0 amide bonds. The molecule has 38 heavy (non-hydrogen) atoms. The summed E-state index contributed by atoms with van der Waals surface area (Å²) in [5.74, 6) is -1.20. The van der Waals surface area contributed by atoms with Gasteiger partial charge in [-0.15, -0.1) is 0 Å². The lowest BCUT2D eigenvalue weighted by Gasteiger charge is -2.42. The molecule has 0 N–H and O–H groups in total. The summed E-state index contributed by atoms with van der Waals surface area (Å²) in [4.78, 5) is 0. The lowest BCUT2D eigenvalue weighted by molar-refractivity contribution is -0.109. The molecule has 0 aromatic heterocycles. The number of ether oxygens (including phenoxy) is 2. The van der Waals surface area contributed by atoms with Gasteiger partial charge in [0.05, 0.1) is 18.8 Å². The van der Waals surface area contributed by atoms with Crippen molar-refractivity contribution >= 4 is 0 Å². The molecule has 210 valence electrons. The van der Waals surface area contributed by atoms with Crippen molar-refractivity contribution < 1.29 is 27.0 Å². The summed E-state index contributed by atoms with van der Waals surface area (Å²) >= 11 is 0. The number of rotatable bonds is 12. The highest BCUT2D eigenvalue weighted by molar-refractivity contribution is 5.33. The zero-order valence-corrected chi connectivity index (χ0v) is 22.6. The van der Waals surface area contributed by atoms with Gasteiger partial charge in [-0.2, -0.15) is 4.39 Å². The van der Waals surface area contributed by atoms with Crippen LogP contribution in [0.2, 0.25) is 0 Å². The standard InChI is InChI=1S/C32H42F4O2/c1-2-3-20-37-29-16-15-27(30(35)31(29)36)24-12-9-23(10-13-24)11-14-25-17-18-32(22-28(25)34,38-21-19-33)26-7-5-4-6-8-26/h4-8,15-16,23-25,28H,2-3,9-14,17-22H2,1H3/t23-,24-,25-,28-,32?/m1/s1. The van der Waals surface area contributed by atoms with Crippen molar-refractivity contribution in [3.05, 3.63) is 65.2 Å². The normalized spacial score (nSPS) is 27.8. The van der Waals surface area contributed by atoms with E-state index in [0.29, 0.717) is 24.5 Å². The summed E-state index contributed by atoms with van der Waals surface area (Å²) in [6.45, 7) is 1.81. The third-order valence-electron chi connectivity index (χ3n) is 8.78. The fourth-order valence-electron chi connectivity index (χ4n) is 6.47. The molecule has 2 nitrogen and oxygen atoms in total. The summed E-state index contributed by atoms with van der Waals surface area (Å²) in [5, 5.41) is 0. The molecule has 2 aromatic rings. The summed E-state index contributed by atoms with van der Waals surface area (Å²) in [5.41, 5.74) is 0.625. The van der Waals surface area contributed by atoms with Crippen molar-refractivity contribution in [3.8, 4) is 5.75 Å². The Kier molecular flexibility index (Phi) is 10.5. The molecular formula is C32H42F4O2. The fourth-order valence-corrected chi connectivity index (χ4v) is 6.47. The summed E-state index contributed by atoms with van der Waals surface area (Å²) in [7, 11) is 0. The van der Waals surface area contributed by atoms with E-state index < -0.39 is 30.1 Å². The van der Waals surface area contributed by atoms with Crippen LogP contribution in [0.15, 0.2) is 42.5 Å². The molecule has 2 aromatic carbocycles. The van der Waals surface area contributed by atoms with E-state index in [-0.39, 0.29) is 30.6 Å². The minimum absolute atomic E-state index is 0.00646. The third kappa shape index (κ3) is 6.91. The lowest BCUT2D eigenvalue weighted by atomic mass is 9.71. The Hall–Kier alpha value is -2.08. The summed E-state index contributed by atoms with van der Waals surface area (Å²) in [6.07, 6.45) is 7.69. The average molecular weight is 535 g/mol. The number of benzene rings is 2. The summed E-state index contributed by atoms with van der Waals surface area (Å²) in [6, 6.07) is 12.9. The third-order valence-corrected chi connectivity index (χ3v) is 8.78. The fraction of sp³-hybridized carbons (Fsp3) is 0.625. The lowest BCUT2D eigenvalue weighted by Crippen LogP contribution is -2.41. The minimum Gasteiger partial charge on any atom is -0.490 e. The molecule has 1 unspecified atom stereocenters. The number of unbranched alkanes of at least 4 members (excludes halogenated alkanes) is 1. The van der Waals surface area contributed by atoms with Gasteiger partial charge in [0, 0.05) is 6.42 Å². The van der Waals surface area contributed by atoms with Gasteiger partial charge < -0.3 is 9.47 Å². The van der Waals surface area contributed by atoms with Crippen LogP contribution in [0, 0.1) is 23.5 Å². The van der Waals surface area contributed by atoms with Crippen molar-refractivity contribution in [2.24, 2.45) is 11.8 Å². The van der Waals surface area contributed by atoms with Crippen molar-refractivity contribution in [1.29, 1.82) is 0 Å². The van der Waals surface area contributed by atoms with Crippen LogP contribution in [0.5, 0.6) is 5.75 Å². The maximum absolute atomic E-state index is 15.4. The molecule has 0 heterocycles. The Morgan fingerprint density at radius 3 is 2.34 bits per heavy atom. The van der Waals surface area contributed by atoms with Crippen LogP contribution in [0.3, 0.4) is 0 Å². The highest BCUT2D eigenvalue weighted by Gasteiger charge is 2.43. The van der Waals surface area contributed by atoms with E-state index in [2.05, 4.69) is 0 Å². The smallest absolute Gasteiger partial charge is 0.200 e. The van der Waals surface area contributed by atoms with Gasteiger partial charge in [-0.25, -0.2) is 13.2 Å². The van der Waals surface area contributed by atoms with E-state index in [0.717, 1.165) is 63.4 Å². The van der Waals surface area contributed by atoms with E-state index >= 15 is 4.39 Å². The Labute approximate surface area is 225 Å². The molecular weight excluding hydrogens is 492 g/mol. The maximum Gasteiger partial charge on any atom is 0.200 e. The van der Waals surface area contributed by atoms with Crippen LogP contribution < -0.4 is 4.74 Å². The Morgan fingerprint density at radius 2 is 1.66 bits per heavy atom. The quantitative estimate of drug-likeness (QED) is 0.200. The SMILES string of the molecule is CCCCOc1ccc([C@H]2CC[C@H](CC[C@@H]3CCC(OCCF)(c4ccccc4)C[C@H]3F)CC2)c(F)c1F.